The number of nitrogens with zero attached hydrogens (tertiary/aromatic N) is 5. The standard InChI is InChI=1S/C14H13N5O2S/c1-11-2-4-13(5-3-11)22(20,21)14-10-19(18-17-14)9-12-6-7-15-16-8-12/h2-8,10H,9H2,1H3. The van der Waals surface area contributed by atoms with E-state index >= 15 is 0 Å². The first-order valence-electron chi connectivity index (χ1n) is 6.53. The van der Waals surface area contributed by atoms with Crippen LogP contribution in [0.3, 0.4) is 0 Å². The lowest BCUT2D eigenvalue weighted by atomic mass is 10.2. The summed E-state index contributed by atoms with van der Waals surface area (Å²) < 4.78 is 26.4. The second-order valence-corrected chi connectivity index (χ2v) is 6.72. The Morgan fingerprint density at radius 3 is 2.55 bits per heavy atom. The van der Waals surface area contributed by atoms with Crippen molar-refractivity contribution in [2.75, 3.05) is 0 Å². The first-order valence-corrected chi connectivity index (χ1v) is 8.01. The summed E-state index contributed by atoms with van der Waals surface area (Å²) in [6, 6.07) is 8.41. The van der Waals surface area contributed by atoms with Crippen molar-refractivity contribution < 1.29 is 8.42 Å². The van der Waals surface area contributed by atoms with Crippen molar-refractivity contribution >= 4 is 9.84 Å². The lowest BCUT2D eigenvalue weighted by Gasteiger charge is -2.01. The van der Waals surface area contributed by atoms with Crippen LogP contribution in [0, 0.1) is 6.92 Å². The summed E-state index contributed by atoms with van der Waals surface area (Å²) in [6.07, 6.45) is 4.57. The molecule has 0 bridgehead atoms. The van der Waals surface area contributed by atoms with Crippen molar-refractivity contribution in [3.63, 3.8) is 0 Å². The molecule has 0 N–H and O–H groups in total. The molecule has 7 nitrogen and oxygen atoms in total. The van der Waals surface area contributed by atoms with Crippen LogP contribution in [0.1, 0.15) is 11.1 Å². The van der Waals surface area contributed by atoms with Gasteiger partial charge in [-0.3, -0.25) is 0 Å². The number of benzene rings is 1. The van der Waals surface area contributed by atoms with Crippen molar-refractivity contribution in [2.45, 2.75) is 23.4 Å². The van der Waals surface area contributed by atoms with E-state index in [-0.39, 0.29) is 9.92 Å². The lowest BCUT2D eigenvalue weighted by Crippen LogP contribution is -2.03. The zero-order valence-electron chi connectivity index (χ0n) is 11.8. The molecule has 22 heavy (non-hydrogen) atoms. The molecule has 0 amide bonds. The number of aromatic nitrogens is 5. The number of hydrogen-bond donors (Lipinski definition) is 0. The molecule has 1 aromatic carbocycles. The summed E-state index contributed by atoms with van der Waals surface area (Å²) in [7, 11) is -3.65. The molecule has 0 aliphatic heterocycles. The average molecular weight is 315 g/mol. The van der Waals surface area contributed by atoms with Gasteiger partial charge in [0.25, 0.3) is 0 Å². The molecule has 0 spiro atoms. The predicted molar refractivity (Wildman–Crippen MR) is 77.8 cm³/mol. The maximum atomic E-state index is 12.5. The highest BCUT2D eigenvalue weighted by atomic mass is 32.2. The van der Waals surface area contributed by atoms with Gasteiger partial charge in [0, 0.05) is 6.20 Å². The van der Waals surface area contributed by atoms with Gasteiger partial charge < -0.3 is 0 Å². The quantitative estimate of drug-likeness (QED) is 0.720. The minimum atomic E-state index is -3.65. The molecule has 112 valence electrons. The molecular weight excluding hydrogens is 302 g/mol. The minimum Gasteiger partial charge on any atom is -0.247 e. The summed E-state index contributed by atoms with van der Waals surface area (Å²) in [5.74, 6) is 0. The first kappa shape index (κ1) is 14.3. The van der Waals surface area contributed by atoms with Crippen LogP contribution in [0.25, 0.3) is 0 Å². The van der Waals surface area contributed by atoms with Crippen LogP contribution in [0.15, 0.2) is 58.8 Å². The van der Waals surface area contributed by atoms with Gasteiger partial charge in [-0.15, -0.1) is 5.10 Å². The number of rotatable bonds is 4. The van der Waals surface area contributed by atoms with Crippen LogP contribution < -0.4 is 0 Å². The molecule has 0 unspecified atom stereocenters. The van der Waals surface area contributed by atoms with Crippen LogP contribution in [0.5, 0.6) is 0 Å². The zero-order chi connectivity index (χ0) is 15.6. The van der Waals surface area contributed by atoms with E-state index in [0.717, 1.165) is 11.1 Å². The van der Waals surface area contributed by atoms with Crippen molar-refractivity contribution in [1.82, 2.24) is 25.2 Å². The van der Waals surface area contributed by atoms with E-state index < -0.39 is 9.84 Å². The molecule has 8 heteroatoms. The van der Waals surface area contributed by atoms with Crippen LogP contribution in [-0.2, 0) is 16.4 Å². The van der Waals surface area contributed by atoms with E-state index in [0.29, 0.717) is 6.54 Å². The zero-order valence-corrected chi connectivity index (χ0v) is 12.6. The SMILES string of the molecule is Cc1ccc(S(=O)(=O)c2cn(Cc3ccnnc3)nn2)cc1. The largest absolute Gasteiger partial charge is 0.247 e. The van der Waals surface area contributed by atoms with Crippen molar-refractivity contribution in [3.8, 4) is 0 Å². The highest BCUT2D eigenvalue weighted by Crippen LogP contribution is 2.19. The third-order valence-corrected chi connectivity index (χ3v) is 4.74. The molecule has 3 rings (SSSR count). The van der Waals surface area contributed by atoms with Gasteiger partial charge in [-0.2, -0.15) is 10.2 Å². The van der Waals surface area contributed by atoms with E-state index in [2.05, 4.69) is 20.5 Å². The molecule has 0 saturated carbocycles. The Hall–Kier alpha value is -2.61. The van der Waals surface area contributed by atoms with Gasteiger partial charge >= 0.3 is 0 Å². The molecule has 0 aliphatic carbocycles. The van der Waals surface area contributed by atoms with Crippen molar-refractivity contribution in [2.24, 2.45) is 0 Å². The Labute approximate surface area is 127 Å². The van der Waals surface area contributed by atoms with Crippen molar-refractivity contribution in [1.29, 1.82) is 0 Å². The Morgan fingerprint density at radius 1 is 1.09 bits per heavy atom. The highest BCUT2D eigenvalue weighted by Gasteiger charge is 2.21. The predicted octanol–water partition coefficient (Wildman–Crippen LogP) is 1.26. The van der Waals surface area contributed by atoms with E-state index in [9.17, 15) is 8.42 Å². The molecule has 2 heterocycles. The maximum Gasteiger partial charge on any atom is 0.227 e. The van der Waals surface area contributed by atoms with Crippen molar-refractivity contribution in [3.05, 3.63) is 60.0 Å². The molecule has 0 atom stereocenters. The Bertz CT molecular complexity index is 873. The lowest BCUT2D eigenvalue weighted by molar-refractivity contribution is 0.591. The number of sulfone groups is 1. The highest BCUT2D eigenvalue weighted by molar-refractivity contribution is 7.91. The molecule has 0 fully saturated rings. The normalized spacial score (nSPS) is 11.5. The summed E-state index contributed by atoms with van der Waals surface area (Å²) in [6.45, 7) is 2.28. The third-order valence-electron chi connectivity index (χ3n) is 3.11. The number of aryl methyl sites for hydroxylation is 1. The second kappa shape index (κ2) is 5.64. The second-order valence-electron chi connectivity index (χ2n) is 4.82. The van der Waals surface area contributed by atoms with E-state index in [4.69, 9.17) is 0 Å². The van der Waals surface area contributed by atoms with Gasteiger partial charge in [-0.25, -0.2) is 13.1 Å². The average Bonchev–Trinajstić information content (AvgIpc) is 2.98. The summed E-state index contributed by atoms with van der Waals surface area (Å²) >= 11 is 0. The van der Waals surface area contributed by atoms with E-state index in [1.54, 1.807) is 42.7 Å². The van der Waals surface area contributed by atoms with Crippen LogP contribution in [-0.4, -0.2) is 33.6 Å². The molecule has 0 saturated heterocycles. The summed E-state index contributed by atoms with van der Waals surface area (Å²) in [5.41, 5.74) is 1.85. The van der Waals surface area contributed by atoms with E-state index in [1.165, 1.54) is 10.9 Å². The molecule has 0 aliphatic rings. The van der Waals surface area contributed by atoms with Crippen LogP contribution >= 0.6 is 0 Å². The van der Waals surface area contributed by atoms with E-state index in [1.807, 2.05) is 6.92 Å². The monoisotopic (exact) mass is 315 g/mol. The molecule has 3 aromatic rings. The van der Waals surface area contributed by atoms with Gasteiger partial charge in [0.1, 0.15) is 0 Å². The maximum absolute atomic E-state index is 12.5. The van der Waals surface area contributed by atoms with Gasteiger partial charge in [-0.05, 0) is 30.7 Å². The summed E-state index contributed by atoms with van der Waals surface area (Å²) in [4.78, 5) is 0.204. The first-order chi connectivity index (χ1) is 10.6. The number of hydrogen-bond acceptors (Lipinski definition) is 6. The molecule has 0 radical (unpaired) electrons. The molecular formula is C14H13N5O2S. The van der Waals surface area contributed by atoms with Gasteiger partial charge in [0.2, 0.25) is 14.9 Å². The fourth-order valence-electron chi connectivity index (χ4n) is 1.92. The Kier molecular flexibility index (Phi) is 3.68. The topological polar surface area (TPSA) is 90.6 Å². The van der Waals surface area contributed by atoms with Crippen LogP contribution in [0.2, 0.25) is 0 Å². The summed E-state index contributed by atoms with van der Waals surface area (Å²) in [5, 5.41) is 15.0. The third kappa shape index (κ3) is 2.86. The smallest absolute Gasteiger partial charge is 0.227 e. The fourth-order valence-corrected chi connectivity index (χ4v) is 3.06. The molecule has 2 aromatic heterocycles. The Morgan fingerprint density at radius 2 is 1.86 bits per heavy atom. The van der Waals surface area contributed by atoms with Gasteiger partial charge in [0.05, 0.1) is 23.8 Å². The minimum absolute atomic E-state index is 0.0710. The van der Waals surface area contributed by atoms with Gasteiger partial charge in [-0.1, -0.05) is 22.9 Å². The van der Waals surface area contributed by atoms with Gasteiger partial charge in [0.15, 0.2) is 0 Å². The van der Waals surface area contributed by atoms with Crippen LogP contribution in [0.4, 0.5) is 0 Å². The fraction of sp³-hybridized carbons (Fsp3) is 0.143. The Balaban J connectivity index is 1.88.